The Balaban J connectivity index is 3.08. The molecule has 0 saturated carbocycles. The summed E-state index contributed by atoms with van der Waals surface area (Å²) in [7, 11) is 4.43. The molecule has 0 aliphatic rings. The lowest BCUT2D eigenvalue weighted by Crippen LogP contribution is -2.17. The van der Waals surface area contributed by atoms with Gasteiger partial charge in [0, 0.05) is 11.6 Å². The molecule has 0 heterocycles. The first kappa shape index (κ1) is 14.8. The van der Waals surface area contributed by atoms with Gasteiger partial charge in [-0.3, -0.25) is 4.79 Å². The largest absolute Gasteiger partial charge is 0.496 e. The third-order valence-electron chi connectivity index (χ3n) is 2.52. The molecule has 1 aromatic carbocycles. The zero-order valence-electron chi connectivity index (χ0n) is 10.5. The third kappa shape index (κ3) is 3.36. The molecule has 0 aromatic heterocycles. The molecule has 0 saturated heterocycles. The van der Waals surface area contributed by atoms with E-state index in [0.29, 0.717) is 17.1 Å². The van der Waals surface area contributed by atoms with Gasteiger partial charge in [0.05, 0.1) is 32.2 Å². The second-order valence-electron chi connectivity index (χ2n) is 3.62. The van der Waals surface area contributed by atoms with E-state index < -0.39 is 6.04 Å². The first-order chi connectivity index (χ1) is 8.53. The highest BCUT2D eigenvalue weighted by atomic mass is 79.9. The lowest BCUT2D eigenvalue weighted by molar-refractivity contribution is -0.141. The molecule has 2 N–H and O–H groups in total. The highest BCUT2D eigenvalue weighted by molar-refractivity contribution is 9.10. The molecule has 0 spiro atoms. The summed E-state index contributed by atoms with van der Waals surface area (Å²) in [6, 6.07) is 3.00. The number of rotatable bonds is 5. The molecule has 0 bridgehead atoms. The normalized spacial score (nSPS) is 11.8. The standard InChI is InChI=1S/C12H16BrNO4/c1-16-10-5-8(13)11(17-2)4-7(10)9(14)6-12(15)18-3/h4-5,9H,6,14H2,1-3H3/t9-/m0/s1. The molecule has 0 fully saturated rings. The number of carbonyl (C=O) groups is 1. The van der Waals surface area contributed by atoms with Crippen molar-refractivity contribution in [3.63, 3.8) is 0 Å². The van der Waals surface area contributed by atoms with E-state index >= 15 is 0 Å². The minimum Gasteiger partial charge on any atom is -0.496 e. The van der Waals surface area contributed by atoms with Crippen molar-refractivity contribution in [2.24, 2.45) is 5.73 Å². The predicted molar refractivity (Wildman–Crippen MR) is 70.8 cm³/mol. The lowest BCUT2D eigenvalue weighted by Gasteiger charge is -2.17. The number of hydrogen-bond donors (Lipinski definition) is 1. The van der Waals surface area contributed by atoms with Gasteiger partial charge in [0.1, 0.15) is 11.5 Å². The highest BCUT2D eigenvalue weighted by Gasteiger charge is 2.18. The van der Waals surface area contributed by atoms with Crippen molar-refractivity contribution in [1.82, 2.24) is 0 Å². The van der Waals surface area contributed by atoms with Crippen molar-refractivity contribution in [2.45, 2.75) is 12.5 Å². The van der Waals surface area contributed by atoms with Crippen LogP contribution in [0.5, 0.6) is 11.5 Å². The molecular weight excluding hydrogens is 302 g/mol. The molecule has 1 aromatic rings. The summed E-state index contributed by atoms with van der Waals surface area (Å²) in [5.74, 6) is 0.858. The number of carbonyl (C=O) groups excluding carboxylic acids is 1. The number of nitrogens with two attached hydrogens (primary N) is 1. The molecule has 100 valence electrons. The van der Waals surface area contributed by atoms with Crippen molar-refractivity contribution in [1.29, 1.82) is 0 Å². The first-order valence-electron chi connectivity index (χ1n) is 5.27. The van der Waals surface area contributed by atoms with E-state index in [1.807, 2.05) is 0 Å². The minimum atomic E-state index is -0.505. The Morgan fingerprint density at radius 3 is 2.39 bits per heavy atom. The average Bonchev–Trinajstić information content (AvgIpc) is 2.37. The first-order valence-corrected chi connectivity index (χ1v) is 6.06. The van der Waals surface area contributed by atoms with Crippen LogP contribution in [-0.2, 0) is 9.53 Å². The van der Waals surface area contributed by atoms with E-state index in [1.165, 1.54) is 7.11 Å². The Kier molecular flexibility index (Phi) is 5.43. The van der Waals surface area contributed by atoms with Gasteiger partial charge < -0.3 is 19.9 Å². The van der Waals surface area contributed by atoms with Gasteiger partial charge in [-0.15, -0.1) is 0 Å². The smallest absolute Gasteiger partial charge is 0.307 e. The van der Waals surface area contributed by atoms with Gasteiger partial charge >= 0.3 is 5.97 Å². The van der Waals surface area contributed by atoms with Gasteiger partial charge in [-0.05, 0) is 28.1 Å². The van der Waals surface area contributed by atoms with Crippen molar-refractivity contribution in [3.05, 3.63) is 22.2 Å². The number of halogens is 1. The molecule has 18 heavy (non-hydrogen) atoms. The zero-order valence-corrected chi connectivity index (χ0v) is 12.1. The third-order valence-corrected chi connectivity index (χ3v) is 3.14. The SMILES string of the molecule is COC(=O)C[C@H](N)c1cc(OC)c(Br)cc1OC. The van der Waals surface area contributed by atoms with Gasteiger partial charge in [-0.2, -0.15) is 0 Å². The van der Waals surface area contributed by atoms with Gasteiger partial charge in [-0.1, -0.05) is 0 Å². The zero-order chi connectivity index (χ0) is 13.7. The Morgan fingerprint density at radius 2 is 1.89 bits per heavy atom. The Morgan fingerprint density at radius 1 is 1.28 bits per heavy atom. The van der Waals surface area contributed by atoms with E-state index in [4.69, 9.17) is 15.2 Å². The van der Waals surface area contributed by atoms with Crippen LogP contribution in [0.1, 0.15) is 18.0 Å². The fraction of sp³-hybridized carbons (Fsp3) is 0.417. The molecule has 6 heteroatoms. The number of hydrogen-bond acceptors (Lipinski definition) is 5. The number of ether oxygens (including phenoxy) is 3. The number of esters is 1. The molecule has 0 amide bonds. The van der Waals surface area contributed by atoms with Crippen LogP contribution in [0.2, 0.25) is 0 Å². The van der Waals surface area contributed by atoms with Crippen molar-refractivity contribution in [2.75, 3.05) is 21.3 Å². The molecule has 0 aliphatic carbocycles. The topological polar surface area (TPSA) is 70.8 Å². The lowest BCUT2D eigenvalue weighted by atomic mass is 10.0. The second kappa shape index (κ2) is 6.61. The van der Waals surface area contributed by atoms with Gasteiger partial charge in [0.2, 0.25) is 0 Å². The predicted octanol–water partition coefficient (Wildman–Crippen LogP) is 2.03. The Labute approximate surface area is 114 Å². The summed E-state index contributed by atoms with van der Waals surface area (Å²) in [5.41, 5.74) is 6.67. The van der Waals surface area contributed by atoms with E-state index in [1.54, 1.807) is 26.4 Å². The van der Waals surface area contributed by atoms with Crippen LogP contribution >= 0.6 is 15.9 Å². The van der Waals surface area contributed by atoms with Crippen LogP contribution < -0.4 is 15.2 Å². The molecule has 0 unspecified atom stereocenters. The van der Waals surface area contributed by atoms with Crippen LogP contribution in [0.15, 0.2) is 16.6 Å². The molecule has 0 aliphatic heterocycles. The molecule has 5 nitrogen and oxygen atoms in total. The molecule has 1 atom stereocenters. The Hall–Kier alpha value is -1.27. The number of methoxy groups -OCH3 is 3. The van der Waals surface area contributed by atoms with E-state index in [2.05, 4.69) is 20.7 Å². The van der Waals surface area contributed by atoms with Crippen LogP contribution in [0.4, 0.5) is 0 Å². The maximum atomic E-state index is 11.2. The van der Waals surface area contributed by atoms with Gasteiger partial charge in [-0.25, -0.2) is 0 Å². The number of benzene rings is 1. The van der Waals surface area contributed by atoms with E-state index in [-0.39, 0.29) is 12.4 Å². The monoisotopic (exact) mass is 317 g/mol. The molecular formula is C12H16BrNO4. The van der Waals surface area contributed by atoms with Crippen LogP contribution in [0, 0.1) is 0 Å². The highest BCUT2D eigenvalue weighted by Crippen LogP contribution is 2.36. The minimum absolute atomic E-state index is 0.0810. The summed E-state index contributed by atoms with van der Waals surface area (Å²) < 4.78 is 15.8. The van der Waals surface area contributed by atoms with Gasteiger partial charge in [0.25, 0.3) is 0 Å². The van der Waals surface area contributed by atoms with Gasteiger partial charge in [0.15, 0.2) is 0 Å². The van der Waals surface area contributed by atoms with Crippen molar-refractivity contribution < 1.29 is 19.0 Å². The van der Waals surface area contributed by atoms with Crippen molar-refractivity contribution in [3.8, 4) is 11.5 Å². The fourth-order valence-electron chi connectivity index (χ4n) is 1.55. The molecule has 0 radical (unpaired) electrons. The van der Waals surface area contributed by atoms with Crippen LogP contribution in [0.25, 0.3) is 0 Å². The maximum Gasteiger partial charge on any atom is 0.307 e. The summed E-state index contributed by atoms with van der Waals surface area (Å²) in [6.07, 6.45) is 0.0810. The summed E-state index contributed by atoms with van der Waals surface area (Å²) >= 11 is 3.36. The molecule has 1 rings (SSSR count). The van der Waals surface area contributed by atoms with Crippen LogP contribution in [-0.4, -0.2) is 27.3 Å². The maximum absolute atomic E-state index is 11.2. The van der Waals surface area contributed by atoms with E-state index in [9.17, 15) is 4.79 Å². The Bertz CT molecular complexity index is 436. The average molecular weight is 318 g/mol. The fourth-order valence-corrected chi connectivity index (χ4v) is 2.03. The van der Waals surface area contributed by atoms with E-state index in [0.717, 1.165) is 4.47 Å². The van der Waals surface area contributed by atoms with Crippen molar-refractivity contribution >= 4 is 21.9 Å². The summed E-state index contributed by atoms with van der Waals surface area (Å²) in [5, 5.41) is 0. The quantitative estimate of drug-likeness (QED) is 0.841. The second-order valence-corrected chi connectivity index (χ2v) is 4.47. The summed E-state index contributed by atoms with van der Waals surface area (Å²) in [6.45, 7) is 0. The summed E-state index contributed by atoms with van der Waals surface area (Å²) in [4.78, 5) is 11.2. The van der Waals surface area contributed by atoms with Crippen LogP contribution in [0.3, 0.4) is 0 Å².